The molecule has 0 amide bonds. The second-order valence-electron chi connectivity index (χ2n) is 0. The fourth-order valence-corrected chi connectivity index (χ4v) is 0. The van der Waals surface area contributed by atoms with Crippen molar-refractivity contribution in [1.82, 2.24) is 0 Å². The van der Waals surface area contributed by atoms with Crippen molar-refractivity contribution < 1.29 is 34.1 Å². The van der Waals surface area contributed by atoms with Crippen LogP contribution in [0.15, 0.2) is 0 Å². The third-order valence-corrected chi connectivity index (χ3v) is 0. The molecule has 30 valence electrons. The summed E-state index contributed by atoms with van der Waals surface area (Å²) in [6, 6.07) is 0. The molecule has 0 saturated carbocycles. The van der Waals surface area contributed by atoms with Gasteiger partial charge in [-0.05, 0) is 0 Å². The minimum absolute atomic E-state index is 0. The largest absolute Gasteiger partial charge is 0.147 e. The van der Waals surface area contributed by atoms with Crippen LogP contribution in [0.3, 0.4) is 0 Å². The van der Waals surface area contributed by atoms with Gasteiger partial charge in [-0.2, -0.15) is 0 Å². The Balaban J connectivity index is 0. The van der Waals surface area contributed by atoms with Gasteiger partial charge in [0.25, 0.3) is 0 Å². The van der Waals surface area contributed by atoms with Crippen LogP contribution in [0.1, 0.15) is 0 Å². The van der Waals surface area contributed by atoms with Crippen LogP contribution in [-0.4, -0.2) is 0 Å². The molecule has 0 rings (SSSR count). The Morgan fingerprint density at radius 1 is 0.750 bits per heavy atom. The Bertz CT molecular complexity index is 6.00. The van der Waals surface area contributed by atoms with E-state index in [1.165, 1.54) is 0 Å². The molecule has 0 heterocycles. The van der Waals surface area contributed by atoms with Crippen molar-refractivity contribution in [3.63, 3.8) is 0 Å². The van der Waals surface area contributed by atoms with E-state index in [1.54, 1.807) is 0 Å². The van der Waals surface area contributed by atoms with Crippen molar-refractivity contribution in [3.05, 3.63) is 0 Å². The van der Waals surface area contributed by atoms with Crippen molar-refractivity contribution in [2.75, 3.05) is 0 Å². The van der Waals surface area contributed by atoms with Gasteiger partial charge in [-0.3, -0.25) is 0 Å². The van der Waals surface area contributed by atoms with Gasteiger partial charge < -0.3 is 0 Å². The molecule has 0 spiro atoms. The first-order valence-corrected chi connectivity index (χ1v) is 0. The summed E-state index contributed by atoms with van der Waals surface area (Å²) >= 11 is 0. The van der Waals surface area contributed by atoms with Crippen molar-refractivity contribution in [1.29, 1.82) is 0 Å². The predicted octanol–water partition coefficient (Wildman–Crippen LogP) is 0.995. The maximum absolute atomic E-state index is 0. The van der Waals surface area contributed by atoms with E-state index in [-0.39, 0.29) is 63.5 Å². The van der Waals surface area contributed by atoms with Gasteiger partial charge in [0, 0.05) is 34.1 Å². The Kier molecular flexibility index (Phi) is 219. The molecule has 0 bridgehead atoms. The fourth-order valence-electron chi connectivity index (χ4n) is 0. The van der Waals surface area contributed by atoms with Crippen LogP contribution in [-0.2, 0) is 34.1 Å². The van der Waals surface area contributed by atoms with Crippen LogP contribution >= 0.6 is 29.4 Å². The van der Waals surface area contributed by atoms with Crippen molar-refractivity contribution >= 4 is 29.4 Å². The molecule has 0 fully saturated rings. The first-order chi connectivity index (χ1) is 0. The summed E-state index contributed by atoms with van der Waals surface area (Å²) in [6.07, 6.45) is 0. The Morgan fingerprint density at radius 2 is 0.750 bits per heavy atom. The zero-order valence-corrected chi connectivity index (χ0v) is 6.46. The Hall–Kier alpha value is 1.81. The van der Waals surface area contributed by atoms with Crippen molar-refractivity contribution in [2.24, 2.45) is 0 Å². The van der Waals surface area contributed by atoms with E-state index in [4.69, 9.17) is 0 Å². The SMILES string of the molecule is Br.Cl.[Mn].[Mn]. The normalized spacial score (nSPS) is 0. The zero-order valence-electron chi connectivity index (χ0n) is 1.57. The minimum atomic E-state index is 0. The van der Waals surface area contributed by atoms with Gasteiger partial charge in [-0.15, -0.1) is 29.4 Å². The summed E-state index contributed by atoms with van der Waals surface area (Å²) in [5.74, 6) is 0. The van der Waals surface area contributed by atoms with E-state index in [2.05, 4.69) is 0 Å². The molecule has 0 aliphatic rings. The van der Waals surface area contributed by atoms with E-state index in [9.17, 15) is 0 Å². The molecule has 4 heteroatoms. The summed E-state index contributed by atoms with van der Waals surface area (Å²) in [5.41, 5.74) is 0. The van der Waals surface area contributed by atoms with Crippen LogP contribution < -0.4 is 0 Å². The van der Waals surface area contributed by atoms with E-state index >= 15 is 0 Å². The van der Waals surface area contributed by atoms with Gasteiger partial charge >= 0.3 is 0 Å². The topological polar surface area (TPSA) is 0 Å². The predicted molar refractivity (Wildman–Crippen MR) is 17.6 cm³/mol. The van der Waals surface area contributed by atoms with E-state index < -0.39 is 0 Å². The van der Waals surface area contributed by atoms with Crippen LogP contribution in [0.2, 0.25) is 0 Å². The average molecular weight is 227 g/mol. The first-order valence-electron chi connectivity index (χ1n) is 0. The second-order valence-corrected chi connectivity index (χ2v) is 0. The molecule has 0 aliphatic heterocycles. The molecular formula is H2BrClMn2. The molecule has 0 saturated heterocycles. The van der Waals surface area contributed by atoms with Crippen LogP contribution in [0, 0.1) is 0 Å². The van der Waals surface area contributed by atoms with E-state index in [1.807, 2.05) is 0 Å². The minimum Gasteiger partial charge on any atom is -0.147 e. The molecule has 0 atom stereocenters. The van der Waals surface area contributed by atoms with Crippen molar-refractivity contribution in [2.45, 2.75) is 0 Å². The zero-order chi connectivity index (χ0) is 0. The Labute approximate surface area is 63.2 Å². The number of hydrogen-bond acceptors (Lipinski definition) is 0. The second kappa shape index (κ2) is 21.3. The molecule has 0 aromatic heterocycles. The fraction of sp³-hybridized carbons (Fsp3) is 0. The maximum atomic E-state index is 0. The molecule has 0 unspecified atom stereocenters. The molecular weight excluding hydrogens is 225 g/mol. The Morgan fingerprint density at radius 3 is 0.750 bits per heavy atom. The molecule has 4 heavy (non-hydrogen) atoms. The summed E-state index contributed by atoms with van der Waals surface area (Å²) in [7, 11) is 0. The molecule has 0 aliphatic carbocycles. The standard InChI is InChI=1S/BrH.ClH.2Mn/h2*1H;;. The van der Waals surface area contributed by atoms with Gasteiger partial charge in [0.15, 0.2) is 0 Å². The van der Waals surface area contributed by atoms with Crippen molar-refractivity contribution in [3.8, 4) is 0 Å². The van der Waals surface area contributed by atoms with Gasteiger partial charge in [0.05, 0.1) is 0 Å². The average Bonchev–Trinajstić information content (AvgIpc) is 0. The number of halogens is 2. The van der Waals surface area contributed by atoms with E-state index in [0.717, 1.165) is 0 Å². The van der Waals surface area contributed by atoms with Gasteiger partial charge in [-0.25, -0.2) is 0 Å². The summed E-state index contributed by atoms with van der Waals surface area (Å²) in [6.45, 7) is 0. The summed E-state index contributed by atoms with van der Waals surface area (Å²) in [5, 5.41) is 0. The quantitative estimate of drug-likeness (QED) is 0.541. The molecule has 0 aromatic carbocycles. The molecule has 2 radical (unpaired) electrons. The summed E-state index contributed by atoms with van der Waals surface area (Å²) < 4.78 is 0. The van der Waals surface area contributed by atoms with Crippen LogP contribution in [0.5, 0.6) is 0 Å². The van der Waals surface area contributed by atoms with E-state index in [0.29, 0.717) is 0 Å². The van der Waals surface area contributed by atoms with Crippen LogP contribution in [0.4, 0.5) is 0 Å². The molecule has 0 N–H and O–H groups in total. The monoisotopic (exact) mass is 226 g/mol. The number of rotatable bonds is 0. The number of hydrogen-bond donors (Lipinski definition) is 0. The molecule has 0 aromatic rings. The third-order valence-electron chi connectivity index (χ3n) is 0. The van der Waals surface area contributed by atoms with Gasteiger partial charge in [0.2, 0.25) is 0 Å². The first kappa shape index (κ1) is 41.1. The molecule has 0 nitrogen and oxygen atoms in total. The van der Waals surface area contributed by atoms with Crippen LogP contribution in [0.25, 0.3) is 0 Å². The van der Waals surface area contributed by atoms with Gasteiger partial charge in [0.1, 0.15) is 0 Å². The third kappa shape index (κ3) is 9.18. The maximum Gasteiger partial charge on any atom is 0 e. The van der Waals surface area contributed by atoms with Gasteiger partial charge in [-0.1, -0.05) is 0 Å². The summed E-state index contributed by atoms with van der Waals surface area (Å²) in [4.78, 5) is 0. The smallest absolute Gasteiger partial charge is 0 e.